The summed E-state index contributed by atoms with van der Waals surface area (Å²) in [5.41, 5.74) is 3.82. The Kier molecular flexibility index (Phi) is 4.53. The summed E-state index contributed by atoms with van der Waals surface area (Å²) in [4.78, 5) is 32.0. The molecule has 5 nitrogen and oxygen atoms in total. The number of nitrogens with one attached hydrogen (secondary N) is 1. The minimum Gasteiger partial charge on any atom is -0.351 e. The molecule has 2 fully saturated rings. The molecule has 1 aromatic heterocycles. The zero-order valence-corrected chi connectivity index (χ0v) is 14.8. The minimum absolute atomic E-state index is 0.0468. The molecule has 1 aliphatic heterocycles. The van der Waals surface area contributed by atoms with Crippen LogP contribution in [0.15, 0.2) is 35.8 Å². The smallest absolute Gasteiger partial charge is 0.225 e. The SMILES string of the molecule is O=C(NCc1scnc1-c1ccccc1)[C@H]1CCC(=O)N(C2CC2)C1. The number of amides is 2. The summed E-state index contributed by atoms with van der Waals surface area (Å²) in [6.45, 7) is 1.06. The van der Waals surface area contributed by atoms with Crippen LogP contribution in [-0.4, -0.2) is 34.3 Å². The van der Waals surface area contributed by atoms with Crippen LogP contribution < -0.4 is 5.32 Å². The Hall–Kier alpha value is -2.21. The van der Waals surface area contributed by atoms with E-state index in [0.29, 0.717) is 32.0 Å². The number of piperidine rings is 1. The summed E-state index contributed by atoms with van der Waals surface area (Å²) < 4.78 is 0. The molecule has 0 unspecified atom stereocenters. The predicted molar refractivity (Wildman–Crippen MR) is 96.9 cm³/mol. The number of benzene rings is 1. The summed E-state index contributed by atoms with van der Waals surface area (Å²) in [6, 6.07) is 10.4. The van der Waals surface area contributed by atoms with Gasteiger partial charge in [-0.05, 0) is 19.3 Å². The standard InChI is InChI=1S/C19H21N3O2S/c23-17-9-6-14(11-22(17)15-7-8-15)19(24)20-10-16-18(21-12-25-16)13-4-2-1-3-5-13/h1-5,12,14-15H,6-11H2,(H,20,24)/t14-/m0/s1. The molecule has 4 rings (SSSR count). The Balaban J connectivity index is 1.38. The molecule has 0 spiro atoms. The second kappa shape index (κ2) is 6.96. The summed E-state index contributed by atoms with van der Waals surface area (Å²) in [6.07, 6.45) is 3.31. The van der Waals surface area contributed by atoms with Gasteiger partial charge in [0, 0.05) is 24.6 Å². The largest absolute Gasteiger partial charge is 0.351 e. The van der Waals surface area contributed by atoms with E-state index in [1.165, 1.54) is 0 Å². The third kappa shape index (κ3) is 3.58. The van der Waals surface area contributed by atoms with Gasteiger partial charge < -0.3 is 10.2 Å². The van der Waals surface area contributed by atoms with Gasteiger partial charge in [-0.2, -0.15) is 0 Å². The lowest BCUT2D eigenvalue weighted by Gasteiger charge is -2.32. The second-order valence-electron chi connectivity index (χ2n) is 6.72. The molecule has 1 atom stereocenters. The van der Waals surface area contributed by atoms with Crippen molar-refractivity contribution in [1.29, 1.82) is 0 Å². The molecule has 25 heavy (non-hydrogen) atoms. The van der Waals surface area contributed by atoms with Crippen LogP contribution in [0.3, 0.4) is 0 Å². The fourth-order valence-corrected chi connectivity index (χ4v) is 4.09. The predicted octanol–water partition coefficient (Wildman–Crippen LogP) is 2.83. The first kappa shape index (κ1) is 16.3. The lowest BCUT2D eigenvalue weighted by Crippen LogP contribution is -2.46. The van der Waals surface area contributed by atoms with Crippen LogP contribution in [0, 0.1) is 5.92 Å². The Morgan fingerprint density at radius 2 is 2.04 bits per heavy atom. The number of likely N-dealkylation sites (tertiary alicyclic amines) is 1. The van der Waals surface area contributed by atoms with E-state index in [0.717, 1.165) is 29.0 Å². The van der Waals surface area contributed by atoms with Crippen molar-refractivity contribution in [3.8, 4) is 11.3 Å². The number of aromatic nitrogens is 1. The van der Waals surface area contributed by atoms with E-state index in [-0.39, 0.29) is 17.7 Å². The van der Waals surface area contributed by atoms with E-state index in [1.54, 1.807) is 11.3 Å². The van der Waals surface area contributed by atoms with Gasteiger partial charge in [0.05, 0.1) is 28.5 Å². The van der Waals surface area contributed by atoms with Gasteiger partial charge in [-0.25, -0.2) is 4.98 Å². The highest BCUT2D eigenvalue weighted by Gasteiger charge is 2.38. The highest BCUT2D eigenvalue weighted by molar-refractivity contribution is 7.10. The van der Waals surface area contributed by atoms with Gasteiger partial charge in [0.1, 0.15) is 0 Å². The normalized spacial score (nSPS) is 20.6. The van der Waals surface area contributed by atoms with Crippen molar-refractivity contribution in [2.75, 3.05) is 6.54 Å². The highest BCUT2D eigenvalue weighted by atomic mass is 32.1. The van der Waals surface area contributed by atoms with Gasteiger partial charge >= 0.3 is 0 Å². The topological polar surface area (TPSA) is 62.3 Å². The number of nitrogens with zero attached hydrogens (tertiary/aromatic N) is 2. The van der Waals surface area contributed by atoms with Gasteiger partial charge in [-0.3, -0.25) is 9.59 Å². The summed E-state index contributed by atoms with van der Waals surface area (Å²) >= 11 is 1.56. The van der Waals surface area contributed by atoms with Crippen LogP contribution in [0.25, 0.3) is 11.3 Å². The molecular formula is C19H21N3O2S. The summed E-state index contributed by atoms with van der Waals surface area (Å²) in [5, 5.41) is 3.05. The van der Waals surface area contributed by atoms with Crippen LogP contribution in [-0.2, 0) is 16.1 Å². The zero-order chi connectivity index (χ0) is 17.2. The van der Waals surface area contributed by atoms with Crippen molar-refractivity contribution < 1.29 is 9.59 Å². The maximum absolute atomic E-state index is 12.6. The van der Waals surface area contributed by atoms with Crippen molar-refractivity contribution in [3.63, 3.8) is 0 Å². The number of hydrogen-bond donors (Lipinski definition) is 1. The van der Waals surface area contributed by atoms with Crippen molar-refractivity contribution in [1.82, 2.24) is 15.2 Å². The molecule has 2 heterocycles. The van der Waals surface area contributed by atoms with Gasteiger partial charge in [0.2, 0.25) is 11.8 Å². The lowest BCUT2D eigenvalue weighted by molar-refractivity contribution is -0.138. The highest BCUT2D eigenvalue weighted by Crippen LogP contribution is 2.32. The molecule has 2 aromatic rings. The van der Waals surface area contributed by atoms with Crippen LogP contribution in [0.5, 0.6) is 0 Å². The molecule has 2 amide bonds. The Morgan fingerprint density at radius 3 is 2.80 bits per heavy atom. The van der Waals surface area contributed by atoms with E-state index in [4.69, 9.17) is 0 Å². The molecule has 1 N–H and O–H groups in total. The van der Waals surface area contributed by atoms with Crippen molar-refractivity contribution in [3.05, 3.63) is 40.7 Å². The number of carbonyl (C=O) groups is 2. The van der Waals surface area contributed by atoms with Crippen molar-refractivity contribution >= 4 is 23.2 Å². The van der Waals surface area contributed by atoms with Crippen LogP contribution in [0.2, 0.25) is 0 Å². The molecular weight excluding hydrogens is 334 g/mol. The monoisotopic (exact) mass is 355 g/mol. The Morgan fingerprint density at radius 1 is 1.24 bits per heavy atom. The molecule has 6 heteroatoms. The van der Waals surface area contributed by atoms with E-state index < -0.39 is 0 Å². The number of carbonyl (C=O) groups excluding carboxylic acids is 2. The third-order valence-electron chi connectivity index (χ3n) is 4.91. The average Bonchev–Trinajstić information content (AvgIpc) is 3.38. The van der Waals surface area contributed by atoms with E-state index in [9.17, 15) is 9.59 Å². The Bertz CT molecular complexity index is 770. The molecule has 130 valence electrons. The van der Waals surface area contributed by atoms with Gasteiger partial charge in [0.15, 0.2) is 0 Å². The molecule has 2 aliphatic rings. The molecule has 1 saturated carbocycles. The first-order valence-electron chi connectivity index (χ1n) is 8.77. The molecule has 1 aromatic carbocycles. The van der Waals surface area contributed by atoms with Crippen LogP contribution in [0.4, 0.5) is 0 Å². The van der Waals surface area contributed by atoms with Gasteiger partial charge in [0.25, 0.3) is 0 Å². The fourth-order valence-electron chi connectivity index (χ4n) is 3.36. The summed E-state index contributed by atoms with van der Waals surface area (Å²) in [5.74, 6) is 0.164. The number of rotatable bonds is 5. The van der Waals surface area contributed by atoms with E-state index in [1.807, 2.05) is 40.7 Å². The molecule has 0 radical (unpaired) electrons. The Labute approximate surface area is 151 Å². The van der Waals surface area contributed by atoms with Crippen molar-refractivity contribution in [2.45, 2.75) is 38.3 Å². The maximum atomic E-state index is 12.6. The fraction of sp³-hybridized carbons (Fsp3) is 0.421. The number of thiazole rings is 1. The second-order valence-corrected chi connectivity index (χ2v) is 7.66. The molecule has 1 saturated heterocycles. The first-order chi connectivity index (χ1) is 12.2. The zero-order valence-electron chi connectivity index (χ0n) is 14.0. The lowest BCUT2D eigenvalue weighted by atomic mass is 9.96. The molecule has 0 bridgehead atoms. The van der Waals surface area contributed by atoms with Crippen molar-refractivity contribution in [2.24, 2.45) is 5.92 Å². The van der Waals surface area contributed by atoms with E-state index >= 15 is 0 Å². The number of hydrogen-bond acceptors (Lipinski definition) is 4. The first-order valence-corrected chi connectivity index (χ1v) is 9.65. The quantitative estimate of drug-likeness (QED) is 0.897. The maximum Gasteiger partial charge on any atom is 0.225 e. The molecule has 1 aliphatic carbocycles. The summed E-state index contributed by atoms with van der Waals surface area (Å²) in [7, 11) is 0. The van der Waals surface area contributed by atoms with Gasteiger partial charge in [-0.1, -0.05) is 30.3 Å². The minimum atomic E-state index is -0.0913. The van der Waals surface area contributed by atoms with E-state index in [2.05, 4.69) is 10.3 Å². The average molecular weight is 355 g/mol. The van der Waals surface area contributed by atoms with Crippen LogP contribution in [0.1, 0.15) is 30.6 Å². The van der Waals surface area contributed by atoms with Gasteiger partial charge in [-0.15, -0.1) is 11.3 Å². The van der Waals surface area contributed by atoms with Crippen LogP contribution >= 0.6 is 11.3 Å². The third-order valence-corrected chi connectivity index (χ3v) is 5.75.